The van der Waals surface area contributed by atoms with Crippen molar-refractivity contribution in [3.05, 3.63) is 23.5 Å². The minimum absolute atomic E-state index is 0.00474. The van der Waals surface area contributed by atoms with E-state index in [4.69, 9.17) is 29.3 Å². The minimum Gasteiger partial charge on any atom is -0.492 e. The topological polar surface area (TPSA) is 118 Å². The molecular weight excluding hydrogens is 524 g/mol. The van der Waals surface area contributed by atoms with Crippen LogP contribution in [0.5, 0.6) is 11.5 Å². The Morgan fingerprint density at radius 3 is 1.85 bits per heavy atom. The first-order valence-corrected chi connectivity index (χ1v) is 16.1. The predicted molar refractivity (Wildman–Crippen MR) is 150 cm³/mol. The summed E-state index contributed by atoms with van der Waals surface area (Å²) in [6.45, 7) is 2.17. The molecule has 1 rings (SSSR count). The average molecular weight is 574 g/mol. The normalized spacial score (nSPS) is 12.3. The minimum atomic E-state index is -4.74. The van der Waals surface area contributed by atoms with Gasteiger partial charge in [-0.25, -0.2) is 4.57 Å². The zero-order valence-corrected chi connectivity index (χ0v) is 24.8. The maximum atomic E-state index is 14.7. The smallest absolute Gasteiger partial charge is 0.469 e. The lowest BCUT2D eigenvalue weighted by atomic mass is 10.0. The number of halogens is 1. The van der Waals surface area contributed by atoms with Gasteiger partial charge in [0.25, 0.3) is 0 Å². The van der Waals surface area contributed by atoms with E-state index in [-0.39, 0.29) is 23.7 Å². The second-order valence-corrected chi connectivity index (χ2v) is 11.2. The molecule has 0 aliphatic rings. The van der Waals surface area contributed by atoms with Gasteiger partial charge in [0.2, 0.25) is 5.82 Å². The van der Waals surface area contributed by atoms with Crippen molar-refractivity contribution in [2.45, 2.75) is 116 Å². The Labute approximate surface area is 234 Å². The lowest BCUT2D eigenvalue weighted by Crippen LogP contribution is -2.29. The van der Waals surface area contributed by atoms with Gasteiger partial charge >= 0.3 is 7.82 Å². The van der Waals surface area contributed by atoms with Crippen molar-refractivity contribution in [3.63, 3.8) is 0 Å². The Hall–Kier alpha value is -1.69. The van der Waals surface area contributed by atoms with Gasteiger partial charge in [-0.15, -0.1) is 0 Å². The predicted octanol–water partition coefficient (Wildman–Crippen LogP) is 7.84. The summed E-state index contributed by atoms with van der Waals surface area (Å²) in [7, 11) is -3.51. The van der Waals surface area contributed by atoms with E-state index >= 15 is 0 Å². The molecule has 0 aliphatic carbocycles. The zero-order chi connectivity index (χ0) is 28.8. The van der Waals surface area contributed by atoms with Gasteiger partial charge in [-0.1, -0.05) is 103 Å². The molecule has 0 aliphatic heterocycles. The van der Waals surface area contributed by atoms with Crippen LogP contribution in [0.2, 0.25) is 0 Å². The average Bonchev–Trinajstić information content (AvgIpc) is 2.91. The molecule has 0 bridgehead atoms. The number of unbranched alkanes of at least 4 members (excludes halogenated alkanes) is 15. The molecule has 39 heavy (non-hydrogen) atoms. The van der Waals surface area contributed by atoms with Crippen molar-refractivity contribution >= 4 is 7.82 Å². The number of phosphoric ester groups is 1. The highest BCUT2D eigenvalue weighted by atomic mass is 31.2. The number of hydrogen-bond acceptors (Lipinski definition) is 6. The van der Waals surface area contributed by atoms with E-state index in [0.29, 0.717) is 6.61 Å². The molecule has 2 N–H and O–H groups in total. The van der Waals surface area contributed by atoms with Gasteiger partial charge in [-0.2, -0.15) is 9.65 Å². The third kappa shape index (κ3) is 17.6. The Kier molecular flexibility index (Phi) is 20.0. The molecule has 1 aromatic rings. The highest BCUT2D eigenvalue weighted by Crippen LogP contribution is 2.36. The Balaban J connectivity index is 2.20. The summed E-state index contributed by atoms with van der Waals surface area (Å²) in [6, 6.07) is 4.43. The number of methoxy groups -OCH3 is 1. The summed E-state index contributed by atoms with van der Waals surface area (Å²) in [5.74, 6) is -1.37. The van der Waals surface area contributed by atoms with Crippen LogP contribution in [-0.2, 0) is 13.8 Å². The van der Waals surface area contributed by atoms with E-state index in [0.717, 1.165) is 19.3 Å². The van der Waals surface area contributed by atoms with Crippen LogP contribution in [-0.4, -0.2) is 42.8 Å². The van der Waals surface area contributed by atoms with Crippen LogP contribution in [0.25, 0.3) is 0 Å². The van der Waals surface area contributed by atoms with Crippen molar-refractivity contribution in [1.82, 2.24) is 0 Å². The molecule has 10 heteroatoms. The van der Waals surface area contributed by atoms with E-state index in [9.17, 15) is 8.96 Å². The quantitative estimate of drug-likeness (QED) is 0.0897. The van der Waals surface area contributed by atoms with E-state index in [1.54, 1.807) is 0 Å². The van der Waals surface area contributed by atoms with Crippen LogP contribution in [0.1, 0.15) is 115 Å². The Morgan fingerprint density at radius 1 is 0.872 bits per heavy atom. The number of rotatable bonds is 25. The number of phosphoric acid groups is 1. The third-order valence-electron chi connectivity index (χ3n) is 6.55. The summed E-state index contributed by atoms with van der Waals surface area (Å²) < 4.78 is 46.5. The standard InChI is InChI=1S/C29H49FNO7P/c1-3-4-5-6-7-8-9-10-11-12-13-14-15-16-17-18-21-36-23-26(24-37-39(32,33)34)38-27-20-19-25(22-31)29(35-2)28(27)30/h19-20,26H,3-18,21,23-24H2,1-2H3,(H2,32,33,34). The molecule has 0 radical (unpaired) electrons. The van der Waals surface area contributed by atoms with E-state index in [1.807, 2.05) is 6.07 Å². The Bertz CT molecular complexity index is 859. The number of nitrogens with zero attached hydrogens (tertiary/aromatic N) is 1. The molecule has 0 heterocycles. The molecule has 224 valence electrons. The van der Waals surface area contributed by atoms with Gasteiger partial charge < -0.3 is 24.0 Å². The first-order valence-electron chi connectivity index (χ1n) is 14.5. The van der Waals surface area contributed by atoms with Crippen molar-refractivity contribution in [2.24, 2.45) is 0 Å². The van der Waals surface area contributed by atoms with Gasteiger partial charge in [-0.05, 0) is 18.6 Å². The molecule has 0 amide bonds. The summed E-state index contributed by atoms with van der Waals surface area (Å²) >= 11 is 0. The van der Waals surface area contributed by atoms with Crippen LogP contribution in [0, 0.1) is 17.1 Å². The van der Waals surface area contributed by atoms with Gasteiger partial charge in [-0.3, -0.25) is 4.52 Å². The SMILES string of the molecule is CCCCCCCCCCCCCCCCCCOCC(COP(=O)(O)O)Oc1ccc(C#N)c(OC)c1F. The highest BCUT2D eigenvalue weighted by molar-refractivity contribution is 7.46. The highest BCUT2D eigenvalue weighted by Gasteiger charge is 2.23. The van der Waals surface area contributed by atoms with Crippen LogP contribution in [0.4, 0.5) is 4.39 Å². The summed E-state index contributed by atoms with van der Waals surface area (Å²) in [4.78, 5) is 18.1. The first-order chi connectivity index (χ1) is 18.8. The summed E-state index contributed by atoms with van der Waals surface area (Å²) in [5, 5.41) is 9.08. The molecule has 0 saturated heterocycles. The van der Waals surface area contributed by atoms with Crippen molar-refractivity contribution in [1.29, 1.82) is 5.26 Å². The summed E-state index contributed by atoms with van der Waals surface area (Å²) in [6.07, 6.45) is 19.5. The zero-order valence-electron chi connectivity index (χ0n) is 23.9. The molecule has 1 aromatic carbocycles. The first kappa shape index (κ1) is 35.3. The molecule has 1 unspecified atom stereocenters. The third-order valence-corrected chi connectivity index (χ3v) is 7.04. The van der Waals surface area contributed by atoms with Crippen LogP contribution < -0.4 is 9.47 Å². The van der Waals surface area contributed by atoms with Crippen molar-refractivity contribution < 1.29 is 37.5 Å². The largest absolute Gasteiger partial charge is 0.492 e. The van der Waals surface area contributed by atoms with E-state index in [1.165, 1.54) is 103 Å². The van der Waals surface area contributed by atoms with E-state index in [2.05, 4.69) is 11.4 Å². The molecule has 1 atom stereocenters. The molecule has 8 nitrogen and oxygen atoms in total. The fourth-order valence-corrected chi connectivity index (χ4v) is 4.72. The monoisotopic (exact) mass is 573 g/mol. The van der Waals surface area contributed by atoms with Crippen molar-refractivity contribution in [3.8, 4) is 17.6 Å². The fourth-order valence-electron chi connectivity index (χ4n) is 4.36. The van der Waals surface area contributed by atoms with Gasteiger partial charge in [0.15, 0.2) is 11.5 Å². The molecule has 0 spiro atoms. The number of ether oxygens (including phenoxy) is 3. The molecule has 0 saturated carbocycles. The Morgan fingerprint density at radius 2 is 1.38 bits per heavy atom. The molecule has 0 aromatic heterocycles. The summed E-state index contributed by atoms with van der Waals surface area (Å²) in [5.41, 5.74) is 0.00474. The number of hydrogen-bond donors (Lipinski definition) is 2. The lowest BCUT2D eigenvalue weighted by molar-refractivity contribution is 0.0161. The van der Waals surface area contributed by atoms with Crippen LogP contribution in [0.3, 0.4) is 0 Å². The van der Waals surface area contributed by atoms with Crippen molar-refractivity contribution in [2.75, 3.05) is 26.9 Å². The maximum absolute atomic E-state index is 14.7. The fraction of sp³-hybridized carbons (Fsp3) is 0.759. The van der Waals surface area contributed by atoms with Gasteiger partial charge in [0.05, 0.1) is 25.9 Å². The molecule has 0 fully saturated rings. The van der Waals surface area contributed by atoms with E-state index < -0.39 is 26.4 Å². The number of benzene rings is 1. The second-order valence-electron chi connectivity index (χ2n) is 9.97. The van der Waals surface area contributed by atoms with Crippen LogP contribution >= 0.6 is 7.82 Å². The van der Waals surface area contributed by atoms with Crippen LogP contribution in [0.15, 0.2) is 12.1 Å². The molecular formula is C29H49FNO7P. The maximum Gasteiger partial charge on any atom is 0.469 e. The second kappa shape index (κ2) is 22.1. The van der Waals surface area contributed by atoms with Gasteiger partial charge in [0, 0.05) is 6.61 Å². The van der Waals surface area contributed by atoms with Gasteiger partial charge in [0.1, 0.15) is 12.2 Å². The number of nitriles is 1. The lowest BCUT2D eigenvalue weighted by Gasteiger charge is -2.20.